The molecule has 4 N–H and O–H groups in total. The van der Waals surface area contributed by atoms with Crippen LogP contribution in [0.25, 0.3) is 11.1 Å². The average molecular weight is 436 g/mol. The lowest BCUT2D eigenvalue weighted by molar-refractivity contribution is -0.134. The summed E-state index contributed by atoms with van der Waals surface area (Å²) in [5, 5.41) is 10.6. The molecule has 0 amide bonds. The maximum Gasteiger partial charge on any atom is 0.322 e. The number of carboxylic acids is 1. The van der Waals surface area contributed by atoms with Crippen LogP contribution in [-0.2, 0) is 4.79 Å². The molecule has 0 fully saturated rings. The number of aliphatic carboxylic acids is 1. The summed E-state index contributed by atoms with van der Waals surface area (Å²) in [6.45, 7) is 1.30. The van der Waals surface area contributed by atoms with Gasteiger partial charge >= 0.3 is 5.97 Å². The third-order valence-corrected chi connectivity index (χ3v) is 4.75. The molecule has 0 unspecified atom stereocenters. The fourth-order valence-electron chi connectivity index (χ4n) is 2.66. The number of carboxylic acid groups (broad SMARTS) is 1. The van der Waals surface area contributed by atoms with Gasteiger partial charge in [0, 0.05) is 11.3 Å². The second-order valence-electron chi connectivity index (χ2n) is 6.13. The van der Waals surface area contributed by atoms with E-state index in [2.05, 4.69) is 10.3 Å². The molecule has 0 saturated carbocycles. The van der Waals surface area contributed by atoms with Crippen LogP contribution in [-0.4, -0.2) is 22.6 Å². The Kier molecular flexibility index (Phi) is 6.10. The minimum atomic E-state index is -1.16. The number of aromatic nitrogens is 1. The van der Waals surface area contributed by atoms with Gasteiger partial charge in [0.1, 0.15) is 22.3 Å². The number of hydrogen-bond acceptors (Lipinski definition) is 5. The first-order valence-electron chi connectivity index (χ1n) is 8.41. The van der Waals surface area contributed by atoms with Crippen molar-refractivity contribution in [3.63, 3.8) is 0 Å². The Hall–Kier alpha value is -3.03. The van der Waals surface area contributed by atoms with E-state index in [1.807, 2.05) is 37.3 Å². The zero-order chi connectivity index (χ0) is 21.1. The fraction of sp³-hybridized carbons (Fsp3) is 0.100. The molecular formula is C20H16Cl2FN3O3. The summed E-state index contributed by atoms with van der Waals surface area (Å²) >= 11 is 12.2. The molecular weight excluding hydrogens is 420 g/mol. The average Bonchev–Trinajstić information content (AvgIpc) is 2.70. The lowest BCUT2D eigenvalue weighted by Gasteiger charge is -2.16. The normalized spacial score (nSPS) is 10.6. The first kappa shape index (κ1) is 20.7. The molecule has 9 heteroatoms. The number of carbonyl (C=O) groups is 1. The number of halogens is 3. The molecule has 3 rings (SSSR count). The maximum absolute atomic E-state index is 14.1. The number of ether oxygens (including phenoxy) is 1. The minimum Gasteiger partial charge on any atom is -0.480 e. The number of pyridine rings is 1. The number of nitrogens with two attached hydrogens (primary N) is 1. The maximum atomic E-state index is 14.1. The first-order chi connectivity index (χ1) is 13.8. The Morgan fingerprint density at radius 3 is 2.59 bits per heavy atom. The third kappa shape index (κ3) is 4.52. The quantitative estimate of drug-likeness (QED) is 0.355. The van der Waals surface area contributed by atoms with E-state index in [0.717, 1.165) is 16.7 Å². The Labute approximate surface area is 176 Å². The lowest BCUT2D eigenvalue weighted by atomic mass is 10.0. The molecule has 1 heterocycles. The molecule has 0 saturated heterocycles. The first-order valence-corrected chi connectivity index (χ1v) is 9.17. The van der Waals surface area contributed by atoms with Crippen LogP contribution in [0.3, 0.4) is 0 Å². The van der Waals surface area contributed by atoms with E-state index in [1.54, 1.807) is 12.1 Å². The van der Waals surface area contributed by atoms with Gasteiger partial charge in [0.25, 0.3) is 0 Å². The largest absolute Gasteiger partial charge is 0.480 e. The number of aryl methyl sites for hydroxylation is 1. The van der Waals surface area contributed by atoms with E-state index >= 15 is 0 Å². The highest BCUT2D eigenvalue weighted by Gasteiger charge is 2.21. The molecule has 29 heavy (non-hydrogen) atoms. The molecule has 0 aliphatic heterocycles. The van der Waals surface area contributed by atoms with Crippen molar-refractivity contribution in [2.45, 2.75) is 6.92 Å². The summed E-state index contributed by atoms with van der Waals surface area (Å²) in [5.74, 6) is -2.26. The van der Waals surface area contributed by atoms with Crippen LogP contribution < -0.4 is 15.8 Å². The van der Waals surface area contributed by atoms with Crippen molar-refractivity contribution in [2.75, 3.05) is 17.6 Å². The number of hydrogen-bond donors (Lipinski definition) is 3. The van der Waals surface area contributed by atoms with E-state index < -0.39 is 23.5 Å². The van der Waals surface area contributed by atoms with Gasteiger partial charge in [0.2, 0.25) is 5.95 Å². The second kappa shape index (κ2) is 8.55. The molecule has 0 aliphatic carbocycles. The summed E-state index contributed by atoms with van der Waals surface area (Å²) in [6, 6.07) is 12.8. The topological polar surface area (TPSA) is 97.5 Å². The van der Waals surface area contributed by atoms with Crippen LogP contribution in [0.2, 0.25) is 10.0 Å². The predicted molar refractivity (Wildman–Crippen MR) is 111 cm³/mol. The smallest absolute Gasteiger partial charge is 0.322 e. The van der Waals surface area contributed by atoms with Gasteiger partial charge in [-0.25, -0.2) is 0 Å². The Morgan fingerprint density at radius 2 is 1.93 bits per heavy atom. The molecule has 1 aromatic heterocycles. The van der Waals surface area contributed by atoms with Crippen LogP contribution in [0.5, 0.6) is 11.5 Å². The molecule has 0 radical (unpaired) electrons. The standard InChI is InChI=1S/C20H16Cl2FN3O3/c1-10-7-12(8-13(17(10)24)11-5-3-2-4-6-11)29-18-15(21)19(23)26-20(16(18)22)25-9-14(27)28/h2-8H,9,24H2,1H3,(H,25,26)(H,27,28). The van der Waals surface area contributed by atoms with E-state index in [-0.39, 0.29) is 16.6 Å². The number of nitrogen functional groups attached to an aromatic ring is 1. The third-order valence-electron chi connectivity index (χ3n) is 4.07. The van der Waals surface area contributed by atoms with E-state index in [0.29, 0.717) is 11.4 Å². The van der Waals surface area contributed by atoms with Crippen LogP contribution in [0.15, 0.2) is 42.5 Å². The zero-order valence-corrected chi connectivity index (χ0v) is 16.7. The number of anilines is 2. The SMILES string of the molecule is Cc1cc(Oc2c(Cl)c(F)nc(NCC(=O)O)c2Cl)cc(-c2ccccc2)c1N. The highest BCUT2D eigenvalue weighted by atomic mass is 35.5. The van der Waals surface area contributed by atoms with Crippen molar-refractivity contribution in [2.24, 2.45) is 0 Å². The van der Waals surface area contributed by atoms with Gasteiger partial charge in [0.15, 0.2) is 11.6 Å². The van der Waals surface area contributed by atoms with Gasteiger partial charge in [-0.3, -0.25) is 4.79 Å². The predicted octanol–water partition coefficient (Wildman–Crippen LogP) is 5.37. The van der Waals surface area contributed by atoms with E-state index in [4.69, 9.17) is 38.8 Å². The summed E-state index contributed by atoms with van der Waals surface area (Å²) < 4.78 is 19.9. The molecule has 6 nitrogen and oxygen atoms in total. The van der Waals surface area contributed by atoms with Crippen molar-refractivity contribution in [3.05, 3.63) is 64.0 Å². The molecule has 0 bridgehead atoms. The van der Waals surface area contributed by atoms with Crippen molar-refractivity contribution in [1.29, 1.82) is 0 Å². The summed E-state index contributed by atoms with van der Waals surface area (Å²) in [4.78, 5) is 14.3. The van der Waals surface area contributed by atoms with Crippen LogP contribution in [0, 0.1) is 12.9 Å². The molecule has 3 aromatic rings. The summed E-state index contributed by atoms with van der Waals surface area (Å²) in [6.07, 6.45) is 0. The van der Waals surface area contributed by atoms with Crippen molar-refractivity contribution in [3.8, 4) is 22.6 Å². The Balaban J connectivity index is 2.04. The van der Waals surface area contributed by atoms with Gasteiger partial charge in [-0.15, -0.1) is 0 Å². The summed E-state index contributed by atoms with van der Waals surface area (Å²) in [7, 11) is 0. The molecule has 0 spiro atoms. The summed E-state index contributed by atoms with van der Waals surface area (Å²) in [5.41, 5.74) is 9.13. The number of nitrogens with one attached hydrogen (secondary N) is 1. The van der Waals surface area contributed by atoms with Gasteiger partial charge in [0.05, 0.1) is 0 Å². The number of benzene rings is 2. The van der Waals surface area contributed by atoms with Crippen molar-refractivity contribution < 1.29 is 19.0 Å². The van der Waals surface area contributed by atoms with Crippen LogP contribution >= 0.6 is 23.2 Å². The van der Waals surface area contributed by atoms with Crippen molar-refractivity contribution in [1.82, 2.24) is 4.98 Å². The monoisotopic (exact) mass is 435 g/mol. The van der Waals surface area contributed by atoms with E-state index in [1.165, 1.54) is 0 Å². The highest BCUT2D eigenvalue weighted by molar-refractivity contribution is 6.38. The number of rotatable bonds is 6. The Bertz CT molecular complexity index is 1080. The second-order valence-corrected chi connectivity index (χ2v) is 6.88. The van der Waals surface area contributed by atoms with Crippen LogP contribution in [0.4, 0.5) is 15.9 Å². The van der Waals surface area contributed by atoms with Crippen LogP contribution in [0.1, 0.15) is 5.56 Å². The van der Waals surface area contributed by atoms with Gasteiger partial charge in [-0.1, -0.05) is 53.5 Å². The van der Waals surface area contributed by atoms with Gasteiger partial charge in [-0.05, 0) is 30.2 Å². The minimum absolute atomic E-state index is 0.145. The zero-order valence-electron chi connectivity index (χ0n) is 15.2. The lowest BCUT2D eigenvalue weighted by Crippen LogP contribution is -2.14. The molecule has 0 atom stereocenters. The fourth-order valence-corrected chi connectivity index (χ4v) is 3.12. The molecule has 0 aliphatic rings. The number of nitrogens with zero attached hydrogens (tertiary/aromatic N) is 1. The van der Waals surface area contributed by atoms with Gasteiger partial charge < -0.3 is 20.9 Å². The van der Waals surface area contributed by atoms with Crippen molar-refractivity contribution >= 4 is 40.7 Å². The Morgan fingerprint density at radius 1 is 1.24 bits per heavy atom. The van der Waals surface area contributed by atoms with Gasteiger partial charge in [-0.2, -0.15) is 9.37 Å². The molecule has 150 valence electrons. The highest BCUT2D eigenvalue weighted by Crippen LogP contribution is 2.42. The molecule has 2 aromatic carbocycles. The van der Waals surface area contributed by atoms with E-state index in [9.17, 15) is 9.18 Å².